The fourth-order valence-corrected chi connectivity index (χ4v) is 5.16. The number of hydrogen-bond donors (Lipinski definition) is 0. The van der Waals surface area contributed by atoms with Gasteiger partial charge in [-0.2, -0.15) is 4.31 Å². The van der Waals surface area contributed by atoms with E-state index in [0.29, 0.717) is 18.0 Å². The maximum Gasteiger partial charge on any atom is 0.243 e. The number of benzene rings is 1. The van der Waals surface area contributed by atoms with Gasteiger partial charge in [0, 0.05) is 24.0 Å². The SMILES string of the molecule is C=CC1CN(S(=O)(=O)c2ccccc2)C/C1=C(/Cl)C1=CCCCC1. The standard InChI is InChI=1S/C19H22ClNO2S/c1-2-15-13-21(24(22,23)17-11-7-4-8-12-17)14-18(15)19(20)16-9-5-3-6-10-16/h2,4,7-9,11-12,15H,1,3,5-6,10,13-14H2/b19-18-. The van der Waals surface area contributed by atoms with Gasteiger partial charge in [0.2, 0.25) is 10.0 Å². The quantitative estimate of drug-likeness (QED) is 0.739. The Morgan fingerprint density at radius 2 is 2.00 bits per heavy atom. The van der Waals surface area contributed by atoms with Gasteiger partial charge in [-0.1, -0.05) is 42.0 Å². The van der Waals surface area contributed by atoms with Crippen molar-refractivity contribution in [3.8, 4) is 0 Å². The van der Waals surface area contributed by atoms with Gasteiger partial charge in [-0.3, -0.25) is 0 Å². The van der Waals surface area contributed by atoms with Gasteiger partial charge in [0.15, 0.2) is 0 Å². The van der Waals surface area contributed by atoms with Crippen LogP contribution in [-0.4, -0.2) is 25.8 Å². The van der Waals surface area contributed by atoms with Gasteiger partial charge in [-0.25, -0.2) is 8.42 Å². The molecule has 1 aliphatic heterocycles. The van der Waals surface area contributed by atoms with Gasteiger partial charge >= 0.3 is 0 Å². The van der Waals surface area contributed by atoms with E-state index in [2.05, 4.69) is 12.7 Å². The fraction of sp³-hybridized carbons (Fsp3) is 0.368. The molecule has 0 radical (unpaired) electrons. The first kappa shape index (κ1) is 17.5. The summed E-state index contributed by atoms with van der Waals surface area (Å²) < 4.78 is 27.2. The summed E-state index contributed by atoms with van der Waals surface area (Å²) in [5.74, 6) is -0.0289. The molecule has 3 rings (SSSR count). The van der Waals surface area contributed by atoms with Crippen molar-refractivity contribution in [2.24, 2.45) is 5.92 Å². The Morgan fingerprint density at radius 3 is 2.62 bits per heavy atom. The average molecular weight is 364 g/mol. The van der Waals surface area contributed by atoms with Crippen molar-refractivity contribution >= 4 is 21.6 Å². The zero-order valence-corrected chi connectivity index (χ0v) is 15.2. The van der Waals surface area contributed by atoms with E-state index >= 15 is 0 Å². The summed E-state index contributed by atoms with van der Waals surface area (Å²) in [7, 11) is -3.51. The first-order chi connectivity index (χ1) is 11.5. The van der Waals surface area contributed by atoms with Crippen molar-refractivity contribution in [3.63, 3.8) is 0 Å². The van der Waals surface area contributed by atoms with Crippen LogP contribution in [-0.2, 0) is 10.0 Å². The molecule has 0 amide bonds. The number of hydrogen-bond acceptors (Lipinski definition) is 2. The molecule has 0 spiro atoms. The Kier molecular flexibility index (Phi) is 5.28. The van der Waals surface area contributed by atoms with E-state index in [1.54, 1.807) is 24.3 Å². The first-order valence-electron chi connectivity index (χ1n) is 8.29. The molecule has 1 heterocycles. The highest BCUT2D eigenvalue weighted by atomic mass is 35.5. The minimum absolute atomic E-state index is 0.0289. The highest BCUT2D eigenvalue weighted by molar-refractivity contribution is 7.89. The highest BCUT2D eigenvalue weighted by Crippen LogP contribution is 2.37. The van der Waals surface area contributed by atoms with Gasteiger partial charge < -0.3 is 0 Å². The Morgan fingerprint density at radius 1 is 1.25 bits per heavy atom. The van der Waals surface area contributed by atoms with Crippen LogP contribution in [0.5, 0.6) is 0 Å². The van der Waals surface area contributed by atoms with E-state index in [0.717, 1.165) is 35.4 Å². The molecule has 0 N–H and O–H groups in total. The van der Waals surface area contributed by atoms with E-state index in [4.69, 9.17) is 11.6 Å². The molecule has 1 unspecified atom stereocenters. The molecule has 1 fully saturated rings. The monoisotopic (exact) mass is 363 g/mol. The first-order valence-corrected chi connectivity index (χ1v) is 10.1. The Hall–Kier alpha value is -1.36. The molecule has 5 heteroatoms. The topological polar surface area (TPSA) is 37.4 Å². The van der Waals surface area contributed by atoms with Crippen molar-refractivity contribution in [2.45, 2.75) is 30.6 Å². The van der Waals surface area contributed by atoms with Crippen LogP contribution in [0.25, 0.3) is 0 Å². The summed E-state index contributed by atoms with van der Waals surface area (Å²) in [5, 5.41) is 0.741. The third-order valence-corrected chi connectivity index (χ3v) is 7.03. The van der Waals surface area contributed by atoms with Crippen LogP contribution in [0.15, 0.2) is 70.1 Å². The summed E-state index contributed by atoms with van der Waals surface area (Å²) in [6.07, 6.45) is 8.35. The lowest BCUT2D eigenvalue weighted by Gasteiger charge is -2.16. The number of halogens is 1. The third-order valence-electron chi connectivity index (χ3n) is 4.71. The lowest BCUT2D eigenvalue weighted by molar-refractivity contribution is 0.471. The molecule has 0 saturated carbocycles. The minimum Gasteiger partial charge on any atom is -0.207 e. The van der Waals surface area contributed by atoms with E-state index in [1.165, 1.54) is 10.7 Å². The van der Waals surface area contributed by atoms with Gasteiger partial charge in [0.25, 0.3) is 0 Å². The minimum atomic E-state index is -3.51. The molecule has 1 aliphatic carbocycles. The lowest BCUT2D eigenvalue weighted by atomic mass is 9.94. The van der Waals surface area contributed by atoms with Crippen LogP contribution in [0, 0.1) is 5.92 Å². The number of allylic oxidation sites excluding steroid dienone is 3. The van der Waals surface area contributed by atoms with Crippen molar-refractivity contribution in [1.82, 2.24) is 4.31 Å². The molecule has 24 heavy (non-hydrogen) atoms. The van der Waals surface area contributed by atoms with Crippen molar-refractivity contribution in [2.75, 3.05) is 13.1 Å². The van der Waals surface area contributed by atoms with E-state index in [-0.39, 0.29) is 5.92 Å². The number of rotatable bonds is 4. The van der Waals surface area contributed by atoms with Crippen LogP contribution < -0.4 is 0 Å². The number of nitrogens with zero attached hydrogens (tertiary/aromatic N) is 1. The largest absolute Gasteiger partial charge is 0.243 e. The molecule has 0 aromatic heterocycles. The van der Waals surface area contributed by atoms with E-state index in [1.807, 2.05) is 12.1 Å². The maximum atomic E-state index is 12.9. The lowest BCUT2D eigenvalue weighted by Crippen LogP contribution is -2.28. The van der Waals surface area contributed by atoms with Crippen LogP contribution >= 0.6 is 11.6 Å². The predicted octanol–water partition coefficient (Wildman–Crippen LogP) is 4.49. The summed E-state index contributed by atoms with van der Waals surface area (Å²) in [6.45, 7) is 4.62. The molecular formula is C19H22ClNO2S. The molecule has 1 saturated heterocycles. The average Bonchev–Trinajstić information content (AvgIpc) is 3.08. The van der Waals surface area contributed by atoms with Gasteiger partial charge in [0.1, 0.15) is 0 Å². The van der Waals surface area contributed by atoms with Crippen LogP contribution in [0.2, 0.25) is 0 Å². The summed E-state index contributed by atoms with van der Waals surface area (Å²) >= 11 is 6.64. The predicted molar refractivity (Wildman–Crippen MR) is 98.3 cm³/mol. The summed E-state index contributed by atoms with van der Waals surface area (Å²) in [4.78, 5) is 0.321. The zero-order chi connectivity index (χ0) is 17.2. The fourth-order valence-electron chi connectivity index (χ4n) is 3.32. The molecule has 1 aromatic carbocycles. The second-order valence-electron chi connectivity index (χ2n) is 6.27. The molecule has 3 nitrogen and oxygen atoms in total. The van der Waals surface area contributed by atoms with E-state index in [9.17, 15) is 8.42 Å². The van der Waals surface area contributed by atoms with Crippen LogP contribution in [0.3, 0.4) is 0 Å². The summed E-state index contributed by atoms with van der Waals surface area (Å²) in [6, 6.07) is 8.55. The molecule has 0 bridgehead atoms. The van der Waals surface area contributed by atoms with Gasteiger partial charge in [-0.15, -0.1) is 6.58 Å². The van der Waals surface area contributed by atoms with Crippen LogP contribution in [0.4, 0.5) is 0 Å². The Bertz CT molecular complexity index is 781. The van der Waals surface area contributed by atoms with Gasteiger partial charge in [0.05, 0.1) is 4.90 Å². The molecule has 2 aliphatic rings. The van der Waals surface area contributed by atoms with Crippen molar-refractivity contribution in [1.29, 1.82) is 0 Å². The number of sulfonamides is 1. The smallest absolute Gasteiger partial charge is 0.207 e. The van der Waals surface area contributed by atoms with Crippen molar-refractivity contribution < 1.29 is 8.42 Å². The van der Waals surface area contributed by atoms with Crippen molar-refractivity contribution in [3.05, 3.63) is 65.2 Å². The van der Waals surface area contributed by atoms with Gasteiger partial charge in [-0.05, 0) is 49.0 Å². The molecule has 1 aromatic rings. The second kappa shape index (κ2) is 7.26. The second-order valence-corrected chi connectivity index (χ2v) is 8.58. The molecule has 128 valence electrons. The maximum absolute atomic E-state index is 12.9. The third kappa shape index (κ3) is 3.37. The molecule has 1 atom stereocenters. The molecular weight excluding hydrogens is 342 g/mol. The highest BCUT2D eigenvalue weighted by Gasteiger charge is 2.36. The Labute approximate surface area is 149 Å². The van der Waals surface area contributed by atoms with Crippen LogP contribution in [0.1, 0.15) is 25.7 Å². The zero-order valence-electron chi connectivity index (χ0n) is 13.6. The normalized spacial score (nSPS) is 24.5. The summed E-state index contributed by atoms with van der Waals surface area (Å²) in [5.41, 5.74) is 2.13. The van der Waals surface area contributed by atoms with E-state index < -0.39 is 10.0 Å². The Balaban J connectivity index is 1.92.